The molecule has 32 heavy (non-hydrogen) atoms. The van der Waals surface area contributed by atoms with Gasteiger partial charge in [-0.15, -0.1) is 12.4 Å². The molecular formula is C16H26ClF6N3O4S2. The monoisotopic (exact) mass is 537 g/mol. The highest BCUT2D eigenvalue weighted by molar-refractivity contribution is 7.95. The van der Waals surface area contributed by atoms with Gasteiger partial charge in [-0.05, 0) is 6.42 Å². The van der Waals surface area contributed by atoms with Gasteiger partial charge in [0.15, 0.2) is 10.1 Å². The van der Waals surface area contributed by atoms with E-state index >= 15 is 0 Å². The van der Waals surface area contributed by atoms with Crippen molar-refractivity contribution < 1.29 is 43.2 Å². The number of alkyl halides is 6. The van der Waals surface area contributed by atoms with E-state index in [9.17, 15) is 43.2 Å². The van der Waals surface area contributed by atoms with Gasteiger partial charge in [0.1, 0.15) is 0 Å². The van der Waals surface area contributed by atoms with E-state index < -0.39 is 52.9 Å². The van der Waals surface area contributed by atoms with Crippen LogP contribution in [0, 0.1) is 5.41 Å². The van der Waals surface area contributed by atoms with Crippen LogP contribution in [0.15, 0.2) is 10.1 Å². The molecule has 1 aromatic rings. The van der Waals surface area contributed by atoms with Crippen LogP contribution in [0.1, 0.15) is 58.3 Å². The van der Waals surface area contributed by atoms with Gasteiger partial charge >= 0.3 is 11.0 Å². The van der Waals surface area contributed by atoms with Crippen molar-refractivity contribution in [1.29, 1.82) is 5.41 Å². The first kappa shape index (κ1) is 30.8. The second-order valence-corrected chi connectivity index (χ2v) is 10.7. The summed E-state index contributed by atoms with van der Waals surface area (Å²) in [7, 11) is -12.4. The average Bonchev–Trinajstić information content (AvgIpc) is 2.87. The number of nitrogens with one attached hydrogen (secondary N) is 1. The highest BCUT2D eigenvalue weighted by Crippen LogP contribution is 2.38. The fourth-order valence-corrected chi connectivity index (χ4v) is 5.74. The summed E-state index contributed by atoms with van der Waals surface area (Å²) in [5.74, 6) is 0. The fraction of sp³-hybridized carbons (Fsp3) is 0.812. The van der Waals surface area contributed by atoms with Crippen molar-refractivity contribution in [1.82, 2.24) is 9.13 Å². The van der Waals surface area contributed by atoms with Gasteiger partial charge in [-0.2, -0.15) is 26.3 Å². The van der Waals surface area contributed by atoms with Crippen molar-refractivity contribution in [2.75, 3.05) is 0 Å². The van der Waals surface area contributed by atoms with Crippen molar-refractivity contribution in [2.45, 2.75) is 85.9 Å². The lowest BCUT2D eigenvalue weighted by atomic mass is 10.1. The molecule has 7 nitrogen and oxygen atoms in total. The van der Waals surface area contributed by atoms with Gasteiger partial charge in [0.25, 0.3) is 19.7 Å². The molecule has 0 aromatic carbocycles. The van der Waals surface area contributed by atoms with E-state index in [0.717, 1.165) is 32.1 Å². The van der Waals surface area contributed by atoms with Crippen molar-refractivity contribution in [3.63, 3.8) is 0 Å². The van der Waals surface area contributed by atoms with Gasteiger partial charge in [-0.25, -0.2) is 16.8 Å². The Morgan fingerprint density at radius 2 is 1.12 bits per heavy atom. The quantitative estimate of drug-likeness (QED) is 0.333. The van der Waals surface area contributed by atoms with Gasteiger partial charge in [0, 0.05) is 13.6 Å². The lowest BCUT2D eigenvalue weighted by Crippen LogP contribution is -2.31. The molecule has 0 unspecified atom stereocenters. The Morgan fingerprint density at radius 3 is 1.53 bits per heavy atom. The summed E-state index contributed by atoms with van der Waals surface area (Å²) in [6, 6.07) is 0. The van der Waals surface area contributed by atoms with E-state index in [-0.39, 0.29) is 28.0 Å². The Balaban J connectivity index is 0.00000961. The molecule has 1 rings (SSSR count). The first-order valence-corrected chi connectivity index (χ1v) is 12.4. The lowest BCUT2D eigenvalue weighted by molar-refractivity contribution is -0.0462. The molecule has 190 valence electrons. The summed E-state index contributed by atoms with van der Waals surface area (Å²) in [6.07, 6.45) is 5.97. The zero-order chi connectivity index (χ0) is 24.3. The van der Waals surface area contributed by atoms with Crippen LogP contribution in [0.25, 0.3) is 0 Å². The Kier molecular flexibility index (Phi) is 10.8. The van der Waals surface area contributed by atoms with Crippen molar-refractivity contribution in [2.24, 2.45) is 7.05 Å². The minimum absolute atomic E-state index is 0. The molecule has 1 N–H and O–H groups in total. The topological polar surface area (TPSA) is 102 Å². The maximum Gasteiger partial charge on any atom is 0.503 e. The predicted molar refractivity (Wildman–Crippen MR) is 106 cm³/mol. The number of imidazole rings is 1. The van der Waals surface area contributed by atoms with Gasteiger partial charge < -0.3 is 9.13 Å². The number of hydrogen-bond acceptors (Lipinski definition) is 5. The number of rotatable bonds is 11. The zero-order valence-electron chi connectivity index (χ0n) is 17.4. The van der Waals surface area contributed by atoms with E-state index in [1.807, 2.05) is 6.92 Å². The van der Waals surface area contributed by atoms with Crippen LogP contribution in [0.3, 0.4) is 0 Å². The summed E-state index contributed by atoms with van der Waals surface area (Å²) in [5, 5.41) is 3.57. The average molecular weight is 538 g/mol. The molecule has 0 spiro atoms. The molecule has 1 aromatic heterocycles. The maximum atomic E-state index is 13.1. The number of unbranched alkanes of at least 4 members (excludes halogenated alkanes) is 7. The molecule has 0 radical (unpaired) electrons. The Labute approximate surface area is 188 Å². The Hall–Kier alpha value is -1.22. The first-order valence-electron chi connectivity index (χ1n) is 9.48. The summed E-state index contributed by atoms with van der Waals surface area (Å²) in [6.45, 7) is 1.48. The number of aromatic nitrogens is 2. The van der Waals surface area contributed by atoms with Gasteiger partial charge in [0.05, 0.1) is 0 Å². The molecule has 1 heterocycles. The van der Waals surface area contributed by atoms with Gasteiger partial charge in [-0.1, -0.05) is 51.9 Å². The summed E-state index contributed by atoms with van der Waals surface area (Å²) < 4.78 is 126. The molecule has 0 saturated carbocycles. The molecule has 0 bridgehead atoms. The van der Waals surface area contributed by atoms with E-state index in [4.69, 9.17) is 5.41 Å². The van der Waals surface area contributed by atoms with Gasteiger partial charge in [0.2, 0.25) is 5.62 Å². The van der Waals surface area contributed by atoms with E-state index in [2.05, 4.69) is 0 Å². The molecule has 0 aliphatic rings. The lowest BCUT2D eigenvalue weighted by Gasteiger charge is -2.14. The second-order valence-electron chi connectivity index (χ2n) is 7.02. The standard InChI is InChI=1S/C16H25F6N3O4S2.ClH/c1-3-4-5-6-7-8-9-10-11-25-13(31(28,29)16(20,21)22)12(24(2)14(25)23)30(26,27)15(17,18)19;/h23H,3-11H2,1-2H3;1H. The molecule has 16 heteroatoms. The maximum absolute atomic E-state index is 13.1. The molecule has 0 saturated heterocycles. The van der Waals surface area contributed by atoms with E-state index in [1.54, 1.807) is 0 Å². The molecular weight excluding hydrogens is 512 g/mol. The van der Waals surface area contributed by atoms with E-state index in [0.29, 0.717) is 19.9 Å². The van der Waals surface area contributed by atoms with Crippen molar-refractivity contribution >= 4 is 32.1 Å². The normalized spacial score (nSPS) is 13.2. The minimum atomic E-state index is -6.50. The largest absolute Gasteiger partial charge is 0.503 e. The first-order chi connectivity index (χ1) is 14.0. The molecule has 0 fully saturated rings. The SMILES string of the molecule is CCCCCCCCCCn1c(S(=O)(=O)C(F)(F)F)c(S(=O)(=O)C(F)(F)F)n(C)c1=N.Cl. The van der Waals surface area contributed by atoms with E-state index in [1.165, 1.54) is 0 Å². The van der Waals surface area contributed by atoms with Crippen LogP contribution in [0.5, 0.6) is 0 Å². The van der Waals surface area contributed by atoms with Crippen LogP contribution >= 0.6 is 12.4 Å². The molecule has 0 aliphatic carbocycles. The molecule has 0 atom stereocenters. The van der Waals surface area contributed by atoms with Crippen LogP contribution in [0.2, 0.25) is 0 Å². The van der Waals surface area contributed by atoms with Crippen molar-refractivity contribution in [3.05, 3.63) is 5.62 Å². The highest BCUT2D eigenvalue weighted by Gasteiger charge is 2.57. The minimum Gasteiger partial charge on any atom is -0.303 e. The fourth-order valence-electron chi connectivity index (χ4n) is 3.02. The highest BCUT2D eigenvalue weighted by atomic mass is 35.5. The van der Waals surface area contributed by atoms with Gasteiger partial charge in [-0.3, -0.25) is 5.41 Å². The summed E-state index contributed by atoms with van der Waals surface area (Å²) in [5.41, 5.74) is -13.2. The third-order valence-corrected chi connectivity index (χ3v) is 7.91. The third-order valence-electron chi connectivity index (χ3n) is 4.66. The summed E-state index contributed by atoms with van der Waals surface area (Å²) >= 11 is 0. The predicted octanol–water partition coefficient (Wildman–Crippen LogP) is 4.46. The number of hydrogen-bond donors (Lipinski definition) is 1. The third kappa shape index (κ3) is 6.43. The zero-order valence-corrected chi connectivity index (χ0v) is 19.8. The molecule has 0 amide bonds. The second kappa shape index (κ2) is 11.3. The van der Waals surface area contributed by atoms with Crippen LogP contribution in [-0.2, 0) is 33.3 Å². The van der Waals surface area contributed by atoms with Crippen LogP contribution < -0.4 is 5.62 Å². The number of nitrogens with zero attached hydrogens (tertiary/aromatic N) is 2. The Bertz CT molecular complexity index is 1030. The van der Waals surface area contributed by atoms with Crippen molar-refractivity contribution in [3.8, 4) is 0 Å². The Morgan fingerprint density at radius 1 is 0.750 bits per heavy atom. The van der Waals surface area contributed by atoms with Crippen LogP contribution in [0.4, 0.5) is 26.3 Å². The number of halogens is 7. The summed E-state index contributed by atoms with van der Waals surface area (Å²) in [4.78, 5) is 0. The smallest absolute Gasteiger partial charge is 0.303 e. The molecule has 0 aliphatic heterocycles. The number of sulfone groups is 2. The van der Waals surface area contributed by atoms with Crippen LogP contribution in [-0.4, -0.2) is 37.0 Å².